The Hall–Kier alpha value is -2.34. The molecule has 1 atom stereocenters. The number of amides is 1. The summed E-state index contributed by atoms with van der Waals surface area (Å²) < 4.78 is 0. The number of hydrogen-bond acceptors (Lipinski definition) is 3. The van der Waals surface area contributed by atoms with E-state index in [9.17, 15) is 9.59 Å². The minimum Gasteiger partial charge on any atom is -0.480 e. The van der Waals surface area contributed by atoms with E-state index in [2.05, 4.69) is 10.3 Å². The number of aromatic nitrogens is 1. The first kappa shape index (κ1) is 13.1. The van der Waals surface area contributed by atoms with Crippen molar-refractivity contribution >= 4 is 22.8 Å². The minimum atomic E-state index is -1.27. The van der Waals surface area contributed by atoms with Crippen molar-refractivity contribution < 1.29 is 19.8 Å². The summed E-state index contributed by atoms with van der Waals surface area (Å²) in [5.74, 6) is -1.69. The van der Waals surface area contributed by atoms with Crippen LogP contribution in [-0.4, -0.2) is 39.7 Å². The van der Waals surface area contributed by atoms with Crippen LogP contribution >= 0.6 is 0 Å². The first-order valence-electron chi connectivity index (χ1n) is 5.80. The van der Waals surface area contributed by atoms with Gasteiger partial charge in [0, 0.05) is 17.1 Å². The molecule has 6 nitrogen and oxygen atoms in total. The molecular formula is C13H14N2O4. The van der Waals surface area contributed by atoms with Gasteiger partial charge in [-0.3, -0.25) is 4.79 Å². The van der Waals surface area contributed by atoms with Gasteiger partial charge in [0.15, 0.2) is 0 Å². The zero-order chi connectivity index (χ0) is 13.8. The molecule has 0 aliphatic heterocycles. The fourth-order valence-corrected chi connectivity index (χ4v) is 1.88. The molecule has 100 valence electrons. The zero-order valence-corrected chi connectivity index (χ0v) is 10.1. The van der Waals surface area contributed by atoms with Gasteiger partial charge < -0.3 is 20.5 Å². The molecule has 19 heavy (non-hydrogen) atoms. The molecule has 1 unspecified atom stereocenters. The number of carboxylic acids is 1. The van der Waals surface area contributed by atoms with E-state index in [4.69, 9.17) is 10.2 Å². The maximum atomic E-state index is 11.7. The van der Waals surface area contributed by atoms with Crippen molar-refractivity contribution in [1.82, 2.24) is 10.3 Å². The number of benzene rings is 1. The van der Waals surface area contributed by atoms with E-state index in [1.165, 1.54) is 0 Å². The number of aliphatic hydroxyl groups excluding tert-OH is 1. The molecule has 0 aliphatic carbocycles. The lowest BCUT2D eigenvalue weighted by Crippen LogP contribution is -2.43. The van der Waals surface area contributed by atoms with Crippen molar-refractivity contribution in [2.75, 3.05) is 6.61 Å². The standard InChI is InChI=1S/C13H14N2O4/c16-7-11(13(18)19)15-12(17)5-8-6-14-10-4-2-1-3-9(8)10/h1-4,6,11,14,16H,5,7H2,(H,15,17)(H,18,19). The number of H-pyrrole nitrogens is 1. The highest BCUT2D eigenvalue weighted by Crippen LogP contribution is 2.17. The van der Waals surface area contributed by atoms with E-state index in [1.807, 2.05) is 24.3 Å². The molecule has 2 aromatic rings. The fourth-order valence-electron chi connectivity index (χ4n) is 1.88. The molecule has 0 saturated heterocycles. The molecule has 0 spiro atoms. The molecule has 0 fully saturated rings. The van der Waals surface area contributed by atoms with Crippen molar-refractivity contribution in [2.24, 2.45) is 0 Å². The van der Waals surface area contributed by atoms with E-state index in [-0.39, 0.29) is 6.42 Å². The van der Waals surface area contributed by atoms with Crippen molar-refractivity contribution in [3.05, 3.63) is 36.0 Å². The number of aromatic amines is 1. The van der Waals surface area contributed by atoms with E-state index in [0.717, 1.165) is 16.5 Å². The van der Waals surface area contributed by atoms with E-state index in [1.54, 1.807) is 6.20 Å². The number of nitrogens with one attached hydrogen (secondary N) is 2. The third kappa shape index (κ3) is 2.92. The predicted molar refractivity (Wildman–Crippen MR) is 68.7 cm³/mol. The maximum Gasteiger partial charge on any atom is 0.328 e. The molecule has 0 bridgehead atoms. The number of carbonyl (C=O) groups is 2. The lowest BCUT2D eigenvalue weighted by atomic mass is 10.1. The van der Waals surface area contributed by atoms with Gasteiger partial charge in [0.25, 0.3) is 0 Å². The summed E-state index contributed by atoms with van der Waals surface area (Å²) in [7, 11) is 0. The summed E-state index contributed by atoms with van der Waals surface area (Å²) in [4.78, 5) is 25.5. The van der Waals surface area contributed by atoms with Gasteiger partial charge in [-0.25, -0.2) is 4.79 Å². The van der Waals surface area contributed by atoms with Crippen LogP contribution in [0.5, 0.6) is 0 Å². The van der Waals surface area contributed by atoms with Crippen LogP contribution < -0.4 is 5.32 Å². The van der Waals surface area contributed by atoms with E-state index in [0.29, 0.717) is 0 Å². The van der Waals surface area contributed by atoms with Gasteiger partial charge in [0.2, 0.25) is 5.91 Å². The van der Waals surface area contributed by atoms with Gasteiger partial charge in [0.1, 0.15) is 6.04 Å². The number of carboxylic acid groups (broad SMARTS) is 1. The number of aliphatic hydroxyl groups is 1. The van der Waals surface area contributed by atoms with E-state index >= 15 is 0 Å². The maximum absolute atomic E-state index is 11.7. The Bertz CT molecular complexity index is 605. The third-order valence-corrected chi connectivity index (χ3v) is 2.84. The molecular weight excluding hydrogens is 248 g/mol. The quantitative estimate of drug-likeness (QED) is 0.621. The number of carbonyl (C=O) groups excluding carboxylic acids is 1. The van der Waals surface area contributed by atoms with Gasteiger partial charge >= 0.3 is 5.97 Å². The monoisotopic (exact) mass is 262 g/mol. The SMILES string of the molecule is O=C(Cc1c[nH]c2ccccc12)NC(CO)C(=O)O. The van der Waals surface area contributed by atoms with Crippen molar-refractivity contribution in [3.63, 3.8) is 0 Å². The molecule has 1 aromatic carbocycles. The molecule has 4 N–H and O–H groups in total. The number of rotatable bonds is 5. The normalized spacial score (nSPS) is 12.3. The van der Waals surface area contributed by atoms with Gasteiger partial charge in [0.05, 0.1) is 13.0 Å². The van der Waals surface area contributed by atoms with Gasteiger partial charge in [-0.15, -0.1) is 0 Å². The average Bonchev–Trinajstić information content (AvgIpc) is 2.79. The zero-order valence-electron chi connectivity index (χ0n) is 10.1. The number of hydrogen-bond donors (Lipinski definition) is 4. The van der Waals surface area contributed by atoms with Crippen molar-refractivity contribution in [2.45, 2.75) is 12.5 Å². The summed E-state index contributed by atoms with van der Waals surface area (Å²) in [6, 6.07) is 6.26. The largest absolute Gasteiger partial charge is 0.480 e. The Balaban J connectivity index is 2.09. The number of aliphatic carboxylic acids is 1. The smallest absolute Gasteiger partial charge is 0.328 e. The van der Waals surface area contributed by atoms with Crippen LogP contribution in [0.25, 0.3) is 10.9 Å². The molecule has 1 heterocycles. The van der Waals surface area contributed by atoms with Crippen molar-refractivity contribution in [3.8, 4) is 0 Å². The molecule has 2 rings (SSSR count). The highest BCUT2D eigenvalue weighted by Gasteiger charge is 2.19. The second-order valence-corrected chi connectivity index (χ2v) is 4.18. The first-order chi connectivity index (χ1) is 9.11. The lowest BCUT2D eigenvalue weighted by Gasteiger charge is -2.11. The van der Waals surface area contributed by atoms with Crippen LogP contribution in [-0.2, 0) is 16.0 Å². The van der Waals surface area contributed by atoms with Crippen LogP contribution in [0.1, 0.15) is 5.56 Å². The van der Waals surface area contributed by atoms with Gasteiger partial charge in [-0.05, 0) is 11.6 Å². The topological polar surface area (TPSA) is 102 Å². The van der Waals surface area contributed by atoms with Crippen LogP contribution in [0.3, 0.4) is 0 Å². The third-order valence-electron chi connectivity index (χ3n) is 2.84. The first-order valence-corrected chi connectivity index (χ1v) is 5.80. The highest BCUT2D eigenvalue weighted by atomic mass is 16.4. The summed E-state index contributed by atoms with van der Waals surface area (Å²) in [5.41, 5.74) is 1.71. The Kier molecular flexibility index (Phi) is 3.82. The lowest BCUT2D eigenvalue weighted by molar-refractivity contribution is -0.142. The van der Waals surface area contributed by atoms with Gasteiger partial charge in [-0.2, -0.15) is 0 Å². The molecule has 0 saturated carbocycles. The highest BCUT2D eigenvalue weighted by molar-refractivity contribution is 5.90. The Labute approximate surface area is 109 Å². The predicted octanol–water partition coefficient (Wildman–Crippen LogP) is 0.272. The van der Waals surface area contributed by atoms with Crippen molar-refractivity contribution in [1.29, 1.82) is 0 Å². The van der Waals surface area contributed by atoms with Crippen LogP contribution in [0, 0.1) is 0 Å². The second-order valence-electron chi connectivity index (χ2n) is 4.18. The Morgan fingerprint density at radius 1 is 1.32 bits per heavy atom. The minimum absolute atomic E-state index is 0.0633. The summed E-state index contributed by atoms with van der Waals surface area (Å²) in [6.07, 6.45) is 1.78. The molecule has 0 radical (unpaired) electrons. The molecule has 0 aliphatic rings. The van der Waals surface area contributed by atoms with E-state index < -0.39 is 24.5 Å². The average molecular weight is 262 g/mol. The number of fused-ring (bicyclic) bond motifs is 1. The molecule has 1 aromatic heterocycles. The summed E-state index contributed by atoms with van der Waals surface area (Å²) in [6.45, 7) is -0.630. The Morgan fingerprint density at radius 3 is 2.74 bits per heavy atom. The van der Waals surface area contributed by atoms with Crippen LogP contribution in [0.4, 0.5) is 0 Å². The molecule has 6 heteroatoms. The van der Waals surface area contributed by atoms with Gasteiger partial charge in [-0.1, -0.05) is 18.2 Å². The molecule has 1 amide bonds. The Morgan fingerprint density at radius 2 is 2.05 bits per heavy atom. The second kappa shape index (κ2) is 5.53. The summed E-state index contributed by atoms with van der Waals surface area (Å²) in [5, 5.41) is 20.8. The van der Waals surface area contributed by atoms with Crippen LogP contribution in [0.2, 0.25) is 0 Å². The van der Waals surface area contributed by atoms with Crippen LogP contribution in [0.15, 0.2) is 30.5 Å². The fraction of sp³-hybridized carbons (Fsp3) is 0.231. The number of para-hydroxylation sites is 1. The summed E-state index contributed by atoms with van der Waals surface area (Å²) >= 11 is 0.